The number of hydrogen-bond donors (Lipinski definition) is 2. The molecule has 0 radical (unpaired) electrons. The van der Waals surface area contributed by atoms with Gasteiger partial charge in [-0.2, -0.15) is 0 Å². The molecule has 1 aromatic rings. The molecule has 0 amide bonds. The Hall–Kier alpha value is -0.860. The smallest absolute Gasteiger partial charge is 0.0572 e. The Balaban J connectivity index is 1.73. The van der Waals surface area contributed by atoms with Crippen molar-refractivity contribution in [3.63, 3.8) is 0 Å². The predicted octanol–water partition coefficient (Wildman–Crippen LogP) is 3.48. The van der Waals surface area contributed by atoms with Crippen molar-refractivity contribution in [1.82, 2.24) is 0 Å². The van der Waals surface area contributed by atoms with Crippen molar-refractivity contribution in [2.45, 2.75) is 63.1 Å². The lowest BCUT2D eigenvalue weighted by Crippen LogP contribution is -2.40. The number of aliphatic hydroxyl groups is 2. The molecule has 2 saturated carbocycles. The first kappa shape index (κ1) is 14.1. The fourth-order valence-corrected chi connectivity index (χ4v) is 4.32. The molecule has 0 saturated heterocycles. The van der Waals surface area contributed by atoms with E-state index in [1.54, 1.807) is 0 Å². The van der Waals surface area contributed by atoms with Crippen molar-refractivity contribution < 1.29 is 10.2 Å². The lowest BCUT2D eigenvalue weighted by molar-refractivity contribution is -0.0367. The van der Waals surface area contributed by atoms with Gasteiger partial charge in [0.05, 0.1) is 12.2 Å². The summed E-state index contributed by atoms with van der Waals surface area (Å²) in [5.74, 6) is 1.15. The van der Waals surface area contributed by atoms with Crippen molar-refractivity contribution in [2.75, 3.05) is 0 Å². The third-order valence-electron chi connectivity index (χ3n) is 5.46. The lowest BCUT2D eigenvalue weighted by atomic mass is 9.67. The Morgan fingerprint density at radius 2 is 1.45 bits per heavy atom. The van der Waals surface area contributed by atoms with Crippen LogP contribution in [0.2, 0.25) is 0 Å². The van der Waals surface area contributed by atoms with Crippen molar-refractivity contribution in [1.29, 1.82) is 0 Å². The SMILES string of the molecule is OC1CCCCC1C1CC(c2ccccc2)CCC1O. The van der Waals surface area contributed by atoms with Gasteiger partial charge in [0.2, 0.25) is 0 Å². The zero-order valence-corrected chi connectivity index (χ0v) is 12.1. The van der Waals surface area contributed by atoms with Gasteiger partial charge in [-0.25, -0.2) is 0 Å². The first-order valence-electron chi connectivity index (χ1n) is 8.17. The van der Waals surface area contributed by atoms with E-state index in [9.17, 15) is 10.2 Å². The van der Waals surface area contributed by atoms with Gasteiger partial charge in [0.15, 0.2) is 0 Å². The summed E-state index contributed by atoms with van der Waals surface area (Å²) in [6.45, 7) is 0. The Bertz CT molecular complexity index is 417. The van der Waals surface area contributed by atoms with Gasteiger partial charge < -0.3 is 10.2 Å². The van der Waals surface area contributed by atoms with Crippen LogP contribution in [0.1, 0.15) is 56.4 Å². The second-order valence-electron chi connectivity index (χ2n) is 6.67. The molecule has 2 fully saturated rings. The molecule has 2 N–H and O–H groups in total. The van der Waals surface area contributed by atoms with Crippen LogP contribution < -0.4 is 0 Å². The minimum absolute atomic E-state index is 0.196. The van der Waals surface area contributed by atoms with Crippen molar-refractivity contribution >= 4 is 0 Å². The summed E-state index contributed by atoms with van der Waals surface area (Å²) >= 11 is 0. The zero-order valence-electron chi connectivity index (χ0n) is 12.1. The van der Waals surface area contributed by atoms with E-state index in [2.05, 4.69) is 30.3 Å². The fourth-order valence-electron chi connectivity index (χ4n) is 4.32. The fraction of sp³-hybridized carbons (Fsp3) is 0.667. The highest BCUT2D eigenvalue weighted by molar-refractivity contribution is 5.20. The van der Waals surface area contributed by atoms with Gasteiger partial charge in [-0.1, -0.05) is 43.2 Å². The number of rotatable bonds is 2. The molecule has 2 aliphatic rings. The second-order valence-corrected chi connectivity index (χ2v) is 6.67. The van der Waals surface area contributed by atoms with Crippen LogP contribution in [0.25, 0.3) is 0 Å². The highest BCUT2D eigenvalue weighted by atomic mass is 16.3. The van der Waals surface area contributed by atoms with Crippen molar-refractivity contribution in [3.8, 4) is 0 Å². The molecule has 0 heterocycles. The van der Waals surface area contributed by atoms with Crippen LogP contribution in [0.5, 0.6) is 0 Å². The molecule has 1 aromatic carbocycles. The van der Waals surface area contributed by atoms with Gasteiger partial charge in [-0.15, -0.1) is 0 Å². The van der Waals surface area contributed by atoms with E-state index in [1.165, 1.54) is 12.0 Å². The average Bonchev–Trinajstić information content (AvgIpc) is 2.49. The van der Waals surface area contributed by atoms with Gasteiger partial charge >= 0.3 is 0 Å². The van der Waals surface area contributed by atoms with Crippen LogP contribution >= 0.6 is 0 Å². The first-order valence-corrected chi connectivity index (χ1v) is 8.17. The maximum atomic E-state index is 10.4. The molecule has 20 heavy (non-hydrogen) atoms. The third kappa shape index (κ3) is 2.91. The molecule has 0 spiro atoms. The Kier molecular flexibility index (Phi) is 4.42. The monoisotopic (exact) mass is 274 g/mol. The summed E-state index contributed by atoms with van der Waals surface area (Å²) in [7, 11) is 0. The van der Waals surface area contributed by atoms with Gasteiger partial charge in [-0.3, -0.25) is 0 Å². The third-order valence-corrected chi connectivity index (χ3v) is 5.46. The van der Waals surface area contributed by atoms with Crippen molar-refractivity contribution in [3.05, 3.63) is 35.9 Å². The lowest BCUT2D eigenvalue weighted by Gasteiger charge is -2.42. The molecule has 2 nitrogen and oxygen atoms in total. The largest absolute Gasteiger partial charge is 0.393 e. The first-order chi connectivity index (χ1) is 9.75. The average molecular weight is 274 g/mol. The van der Waals surface area contributed by atoms with Crippen molar-refractivity contribution in [2.24, 2.45) is 11.8 Å². The van der Waals surface area contributed by atoms with Gasteiger partial charge in [-0.05, 0) is 55.4 Å². The van der Waals surface area contributed by atoms with Gasteiger partial charge in [0.1, 0.15) is 0 Å². The second kappa shape index (κ2) is 6.28. The van der Waals surface area contributed by atoms with Crippen LogP contribution in [0.15, 0.2) is 30.3 Å². The minimum Gasteiger partial charge on any atom is -0.393 e. The Morgan fingerprint density at radius 1 is 0.750 bits per heavy atom. The summed E-state index contributed by atoms with van der Waals surface area (Å²) in [6, 6.07) is 10.7. The number of benzene rings is 1. The maximum absolute atomic E-state index is 10.4. The topological polar surface area (TPSA) is 40.5 Å². The number of hydrogen-bond acceptors (Lipinski definition) is 2. The van der Waals surface area contributed by atoms with Crippen LogP contribution in [-0.2, 0) is 0 Å². The Morgan fingerprint density at radius 3 is 2.20 bits per heavy atom. The summed E-state index contributed by atoms with van der Waals surface area (Å²) in [4.78, 5) is 0. The quantitative estimate of drug-likeness (QED) is 0.866. The summed E-state index contributed by atoms with van der Waals surface area (Å²) in [5.41, 5.74) is 1.40. The molecule has 0 aliphatic heterocycles. The Labute approximate surface area is 121 Å². The summed E-state index contributed by atoms with van der Waals surface area (Å²) in [6.07, 6.45) is 6.94. The van der Waals surface area contributed by atoms with E-state index in [1.807, 2.05) is 0 Å². The molecule has 2 aliphatic carbocycles. The number of aliphatic hydroxyl groups excluding tert-OH is 2. The minimum atomic E-state index is -0.215. The molecule has 3 rings (SSSR count). The van der Waals surface area contributed by atoms with Crippen LogP contribution in [0, 0.1) is 11.8 Å². The van der Waals surface area contributed by atoms with E-state index in [4.69, 9.17) is 0 Å². The molecule has 0 bridgehead atoms. The van der Waals surface area contributed by atoms with Crippen LogP contribution in [0.3, 0.4) is 0 Å². The van der Waals surface area contributed by atoms with E-state index >= 15 is 0 Å². The molecule has 0 aromatic heterocycles. The van der Waals surface area contributed by atoms with Gasteiger partial charge in [0.25, 0.3) is 0 Å². The van der Waals surface area contributed by atoms with Crippen LogP contribution in [0.4, 0.5) is 0 Å². The van der Waals surface area contributed by atoms with Crippen LogP contribution in [-0.4, -0.2) is 22.4 Å². The van der Waals surface area contributed by atoms with E-state index in [-0.39, 0.29) is 18.1 Å². The van der Waals surface area contributed by atoms with Gasteiger partial charge in [0, 0.05) is 0 Å². The highest BCUT2D eigenvalue weighted by Crippen LogP contribution is 2.43. The standard InChI is InChI=1S/C18H26O2/c19-17-9-5-4-8-15(17)16-12-14(10-11-18(16)20)13-6-2-1-3-7-13/h1-3,6-7,14-20H,4-5,8-12H2. The highest BCUT2D eigenvalue weighted by Gasteiger charge is 2.39. The van der Waals surface area contributed by atoms with E-state index in [0.717, 1.165) is 38.5 Å². The summed E-state index contributed by atoms with van der Waals surface area (Å²) in [5, 5.41) is 20.7. The molecule has 5 atom stereocenters. The van der Waals surface area contributed by atoms with E-state index < -0.39 is 0 Å². The predicted molar refractivity (Wildman–Crippen MR) is 80.5 cm³/mol. The molecular formula is C18H26O2. The summed E-state index contributed by atoms with van der Waals surface area (Å²) < 4.78 is 0. The molecule has 5 unspecified atom stereocenters. The normalized spacial score (nSPS) is 38.6. The van der Waals surface area contributed by atoms with E-state index in [0.29, 0.717) is 11.8 Å². The maximum Gasteiger partial charge on any atom is 0.0572 e. The zero-order chi connectivity index (χ0) is 13.9. The molecule has 2 heteroatoms. The molecular weight excluding hydrogens is 248 g/mol. The molecule has 110 valence electrons.